The minimum Gasteiger partial charge on any atom is -0.478 e. The molecule has 0 fully saturated rings. The van der Waals surface area contributed by atoms with E-state index in [4.69, 9.17) is 0 Å². The van der Waals surface area contributed by atoms with Crippen LogP contribution in [0.15, 0.2) is 93.5 Å². The lowest BCUT2D eigenvalue weighted by molar-refractivity contribution is 0.0693. The molecule has 3 aromatic rings. The van der Waals surface area contributed by atoms with Crippen molar-refractivity contribution >= 4 is 16.9 Å². The van der Waals surface area contributed by atoms with Crippen LogP contribution in [-0.4, -0.2) is 11.1 Å². The Morgan fingerprint density at radius 3 is 2.00 bits per heavy atom. The number of benzene rings is 3. The Bertz CT molecular complexity index is 811. The van der Waals surface area contributed by atoms with E-state index in [1.165, 1.54) is 5.56 Å². The second kappa shape index (κ2) is 6.71. The summed E-state index contributed by atoms with van der Waals surface area (Å²) < 4.78 is 0. The van der Waals surface area contributed by atoms with Crippen LogP contribution in [-0.2, 0) is 10.9 Å². The van der Waals surface area contributed by atoms with Gasteiger partial charge in [-0.25, -0.2) is 4.79 Å². The number of rotatable bonds is 4. The van der Waals surface area contributed by atoms with Crippen molar-refractivity contribution in [2.24, 2.45) is 0 Å². The van der Waals surface area contributed by atoms with Gasteiger partial charge in [-0.1, -0.05) is 48.0 Å². The molecule has 0 heterocycles. The van der Waals surface area contributed by atoms with Crippen molar-refractivity contribution in [1.29, 1.82) is 0 Å². The Labute approximate surface area is 138 Å². The molecule has 1 atom stereocenters. The predicted octanol–water partition coefficient (Wildman–Crippen LogP) is 4.79. The Balaban J connectivity index is 2.21. The monoisotopic (exact) mass is 321 g/mol. The molecule has 1 unspecified atom stereocenters. The van der Waals surface area contributed by atoms with Gasteiger partial charge in [-0.15, -0.1) is 0 Å². The molecule has 0 spiro atoms. The van der Waals surface area contributed by atoms with E-state index in [1.807, 2.05) is 30.3 Å². The van der Waals surface area contributed by atoms with Gasteiger partial charge in [0, 0.05) is 0 Å². The first kappa shape index (κ1) is 15.4. The SMILES string of the molecule is Cc1ccc([S+](c2ccccc2)c2ccccc2C(=O)O)cc1. The van der Waals surface area contributed by atoms with E-state index in [1.54, 1.807) is 12.1 Å². The van der Waals surface area contributed by atoms with Crippen molar-refractivity contribution in [3.8, 4) is 0 Å². The highest BCUT2D eigenvalue weighted by molar-refractivity contribution is 7.97. The first-order chi connectivity index (χ1) is 11.2. The molecule has 0 aliphatic rings. The average molecular weight is 321 g/mol. The summed E-state index contributed by atoms with van der Waals surface area (Å²) >= 11 is 0. The Morgan fingerprint density at radius 1 is 0.783 bits per heavy atom. The van der Waals surface area contributed by atoms with E-state index in [0.717, 1.165) is 14.7 Å². The Kier molecular flexibility index (Phi) is 4.49. The van der Waals surface area contributed by atoms with Gasteiger partial charge < -0.3 is 5.11 Å². The zero-order valence-corrected chi connectivity index (χ0v) is 13.6. The maximum Gasteiger partial charge on any atom is 0.340 e. The van der Waals surface area contributed by atoms with E-state index in [2.05, 4.69) is 43.3 Å². The highest BCUT2D eigenvalue weighted by Crippen LogP contribution is 2.33. The molecule has 3 rings (SSSR count). The third kappa shape index (κ3) is 3.30. The molecule has 114 valence electrons. The van der Waals surface area contributed by atoms with Crippen molar-refractivity contribution in [1.82, 2.24) is 0 Å². The predicted molar refractivity (Wildman–Crippen MR) is 93.2 cm³/mol. The molecule has 0 radical (unpaired) electrons. The van der Waals surface area contributed by atoms with Gasteiger partial charge in [-0.2, -0.15) is 0 Å². The van der Waals surface area contributed by atoms with Crippen LogP contribution in [0.4, 0.5) is 0 Å². The number of carboxylic acid groups (broad SMARTS) is 1. The number of aryl methyl sites for hydroxylation is 1. The fraction of sp³-hybridized carbons (Fsp3) is 0.0500. The summed E-state index contributed by atoms with van der Waals surface area (Å²) in [6.45, 7) is 2.05. The number of hydrogen-bond acceptors (Lipinski definition) is 1. The quantitative estimate of drug-likeness (QED) is 0.702. The summed E-state index contributed by atoms with van der Waals surface area (Å²) in [6.07, 6.45) is 0. The van der Waals surface area contributed by atoms with Gasteiger partial charge >= 0.3 is 5.97 Å². The van der Waals surface area contributed by atoms with E-state index < -0.39 is 16.9 Å². The maximum absolute atomic E-state index is 11.6. The lowest BCUT2D eigenvalue weighted by atomic mass is 10.2. The molecule has 0 aliphatic carbocycles. The largest absolute Gasteiger partial charge is 0.478 e. The lowest BCUT2D eigenvalue weighted by Gasteiger charge is -2.10. The van der Waals surface area contributed by atoms with Gasteiger partial charge in [0.25, 0.3) is 0 Å². The molecule has 0 aromatic heterocycles. The third-order valence-electron chi connectivity index (χ3n) is 3.57. The molecule has 0 amide bonds. The van der Waals surface area contributed by atoms with Gasteiger partial charge in [0.05, 0.1) is 0 Å². The molecular weight excluding hydrogens is 304 g/mol. The zero-order chi connectivity index (χ0) is 16.2. The second-order valence-corrected chi connectivity index (χ2v) is 7.23. The molecule has 0 bridgehead atoms. The molecule has 1 N–H and O–H groups in total. The van der Waals surface area contributed by atoms with Crippen LogP contribution >= 0.6 is 0 Å². The van der Waals surface area contributed by atoms with Gasteiger partial charge in [-0.3, -0.25) is 0 Å². The van der Waals surface area contributed by atoms with Gasteiger partial charge in [0.15, 0.2) is 14.7 Å². The molecule has 3 heteroatoms. The van der Waals surface area contributed by atoms with Crippen LogP contribution in [0.3, 0.4) is 0 Å². The third-order valence-corrected chi connectivity index (χ3v) is 5.86. The average Bonchev–Trinajstić information content (AvgIpc) is 2.58. The molecule has 3 aromatic carbocycles. The number of carbonyl (C=O) groups is 1. The standard InChI is InChI=1S/C20H16O2S/c1-15-11-13-17(14-12-15)23(16-7-3-2-4-8-16)19-10-6-5-9-18(19)20(21)22/h2-14H,1H3/p+1. The van der Waals surface area contributed by atoms with Crippen molar-refractivity contribution in [3.05, 3.63) is 90.0 Å². The minimum atomic E-state index is -0.888. The maximum atomic E-state index is 11.6. The molecule has 0 saturated carbocycles. The fourth-order valence-electron chi connectivity index (χ4n) is 2.44. The number of hydrogen-bond donors (Lipinski definition) is 1. The van der Waals surface area contributed by atoms with Gasteiger partial charge in [0.1, 0.15) is 16.5 Å². The Hall–Kier alpha value is -2.52. The molecule has 2 nitrogen and oxygen atoms in total. The highest BCUT2D eigenvalue weighted by Gasteiger charge is 2.32. The fourth-order valence-corrected chi connectivity index (χ4v) is 4.65. The smallest absolute Gasteiger partial charge is 0.340 e. The summed E-state index contributed by atoms with van der Waals surface area (Å²) in [5.74, 6) is -0.888. The first-order valence-corrected chi connectivity index (χ1v) is 8.57. The van der Waals surface area contributed by atoms with Crippen LogP contribution in [0, 0.1) is 6.92 Å². The van der Waals surface area contributed by atoms with Crippen molar-refractivity contribution < 1.29 is 9.90 Å². The lowest BCUT2D eigenvalue weighted by Crippen LogP contribution is -2.10. The van der Waals surface area contributed by atoms with Crippen LogP contribution in [0.5, 0.6) is 0 Å². The molecular formula is C20H17O2S+. The van der Waals surface area contributed by atoms with Crippen molar-refractivity contribution in [2.75, 3.05) is 0 Å². The van der Waals surface area contributed by atoms with E-state index in [-0.39, 0.29) is 0 Å². The summed E-state index contributed by atoms with van der Waals surface area (Å²) in [4.78, 5) is 14.7. The number of carboxylic acids is 1. The van der Waals surface area contributed by atoms with E-state index in [9.17, 15) is 9.90 Å². The van der Waals surface area contributed by atoms with Crippen molar-refractivity contribution in [2.45, 2.75) is 21.6 Å². The summed E-state index contributed by atoms with van der Waals surface area (Å²) in [5, 5.41) is 9.56. The molecule has 0 saturated heterocycles. The molecule has 23 heavy (non-hydrogen) atoms. The van der Waals surface area contributed by atoms with Crippen LogP contribution in [0.2, 0.25) is 0 Å². The summed E-state index contributed by atoms with van der Waals surface area (Å²) in [6, 6.07) is 25.7. The van der Waals surface area contributed by atoms with Crippen molar-refractivity contribution in [3.63, 3.8) is 0 Å². The topological polar surface area (TPSA) is 37.3 Å². The first-order valence-electron chi connectivity index (χ1n) is 7.35. The zero-order valence-electron chi connectivity index (χ0n) is 12.8. The van der Waals surface area contributed by atoms with Crippen LogP contribution in [0.1, 0.15) is 15.9 Å². The van der Waals surface area contributed by atoms with Crippen LogP contribution in [0.25, 0.3) is 0 Å². The van der Waals surface area contributed by atoms with E-state index in [0.29, 0.717) is 5.56 Å². The van der Waals surface area contributed by atoms with E-state index >= 15 is 0 Å². The summed E-state index contributed by atoms with van der Waals surface area (Å²) in [7, 11) is -0.436. The second-order valence-electron chi connectivity index (χ2n) is 5.23. The normalized spacial score (nSPS) is 11.9. The number of aromatic carboxylic acids is 1. The van der Waals surface area contributed by atoms with Gasteiger partial charge in [0.2, 0.25) is 0 Å². The highest BCUT2D eigenvalue weighted by atomic mass is 32.2. The minimum absolute atomic E-state index is 0.361. The van der Waals surface area contributed by atoms with Gasteiger partial charge in [-0.05, 0) is 43.3 Å². The van der Waals surface area contributed by atoms with Crippen LogP contribution < -0.4 is 0 Å². The summed E-state index contributed by atoms with van der Waals surface area (Å²) in [5.41, 5.74) is 1.55. The molecule has 0 aliphatic heterocycles. The Morgan fingerprint density at radius 2 is 1.35 bits per heavy atom.